The average molecular weight is 314 g/mol. The Balaban J connectivity index is 1.91. The summed E-state index contributed by atoms with van der Waals surface area (Å²) in [6, 6.07) is 8.15. The van der Waals surface area contributed by atoms with Gasteiger partial charge in [-0.25, -0.2) is 0 Å². The van der Waals surface area contributed by atoms with E-state index in [2.05, 4.69) is 11.4 Å². The first-order valence-electron chi connectivity index (χ1n) is 6.33. The van der Waals surface area contributed by atoms with Crippen LogP contribution in [0.2, 0.25) is 5.02 Å². The fourth-order valence-electron chi connectivity index (χ4n) is 2.40. The van der Waals surface area contributed by atoms with Crippen LogP contribution in [-0.2, 0) is 0 Å². The molecule has 0 aliphatic carbocycles. The van der Waals surface area contributed by atoms with Crippen molar-refractivity contribution in [2.75, 3.05) is 24.3 Å². The summed E-state index contributed by atoms with van der Waals surface area (Å²) in [5, 5.41) is 5.81. The molecule has 0 saturated carbocycles. The van der Waals surface area contributed by atoms with Crippen LogP contribution in [0.25, 0.3) is 11.0 Å². The number of fused-ring (bicyclic) bond motifs is 1. The fourth-order valence-corrected chi connectivity index (χ4v) is 5.47. The van der Waals surface area contributed by atoms with Crippen molar-refractivity contribution in [2.24, 2.45) is 0 Å². The minimum atomic E-state index is 0.268. The molecule has 3 rings (SSSR count). The van der Waals surface area contributed by atoms with E-state index < -0.39 is 0 Å². The zero-order chi connectivity index (χ0) is 13.2. The highest BCUT2D eigenvalue weighted by molar-refractivity contribution is 8.06. The van der Waals surface area contributed by atoms with Gasteiger partial charge in [0.15, 0.2) is 0 Å². The Morgan fingerprint density at radius 1 is 1.37 bits per heavy atom. The predicted molar refractivity (Wildman–Crippen MR) is 86.6 cm³/mol. The minimum absolute atomic E-state index is 0.268. The van der Waals surface area contributed by atoms with Crippen LogP contribution in [0, 0.1) is 0 Å². The second-order valence-electron chi connectivity index (χ2n) is 4.58. The quantitative estimate of drug-likeness (QED) is 0.918. The van der Waals surface area contributed by atoms with Crippen molar-refractivity contribution in [3.63, 3.8) is 0 Å². The van der Waals surface area contributed by atoms with Gasteiger partial charge < -0.3 is 9.73 Å². The Labute approximate surface area is 126 Å². The van der Waals surface area contributed by atoms with E-state index in [-0.39, 0.29) is 6.04 Å². The van der Waals surface area contributed by atoms with Gasteiger partial charge in [-0.2, -0.15) is 23.5 Å². The number of benzene rings is 1. The minimum Gasteiger partial charge on any atom is -0.459 e. The van der Waals surface area contributed by atoms with Crippen molar-refractivity contribution < 1.29 is 4.42 Å². The second-order valence-corrected chi connectivity index (χ2v) is 7.51. The number of nitrogens with one attached hydrogen (secondary N) is 1. The van der Waals surface area contributed by atoms with Crippen LogP contribution in [0.5, 0.6) is 0 Å². The van der Waals surface area contributed by atoms with Crippen LogP contribution in [0.4, 0.5) is 0 Å². The van der Waals surface area contributed by atoms with Crippen molar-refractivity contribution >= 4 is 46.1 Å². The molecule has 2 nitrogen and oxygen atoms in total. The highest BCUT2D eigenvalue weighted by atomic mass is 35.5. The van der Waals surface area contributed by atoms with Crippen molar-refractivity contribution in [2.45, 2.75) is 11.3 Å². The molecule has 0 bridgehead atoms. The number of hydrogen-bond donors (Lipinski definition) is 1. The number of furan rings is 1. The molecule has 2 heterocycles. The summed E-state index contributed by atoms with van der Waals surface area (Å²) in [5.41, 5.74) is 0.910. The van der Waals surface area contributed by atoms with Gasteiger partial charge in [-0.3, -0.25) is 0 Å². The molecule has 19 heavy (non-hydrogen) atoms. The zero-order valence-electron chi connectivity index (χ0n) is 10.7. The Kier molecular flexibility index (Phi) is 4.32. The Hall–Kier alpha value is -0.290. The molecule has 0 radical (unpaired) electrons. The molecule has 2 unspecified atom stereocenters. The molecule has 1 aromatic heterocycles. The normalized spacial score (nSPS) is 21.7. The van der Waals surface area contributed by atoms with Crippen LogP contribution in [0.1, 0.15) is 11.8 Å². The molecule has 102 valence electrons. The van der Waals surface area contributed by atoms with E-state index in [0.29, 0.717) is 5.25 Å². The van der Waals surface area contributed by atoms with Gasteiger partial charge in [0.25, 0.3) is 0 Å². The maximum absolute atomic E-state index is 6.03. The SMILES string of the molecule is CNC(c1cc2cc(Cl)ccc2o1)C1CSCCS1. The molecule has 2 aromatic rings. The van der Waals surface area contributed by atoms with Crippen LogP contribution in [0.3, 0.4) is 0 Å². The summed E-state index contributed by atoms with van der Waals surface area (Å²) in [4.78, 5) is 0. The van der Waals surface area contributed by atoms with E-state index in [1.807, 2.05) is 48.8 Å². The van der Waals surface area contributed by atoms with Gasteiger partial charge in [-0.1, -0.05) is 11.6 Å². The molecular formula is C14H16ClNOS2. The van der Waals surface area contributed by atoms with Crippen molar-refractivity contribution in [3.8, 4) is 0 Å². The van der Waals surface area contributed by atoms with E-state index in [1.54, 1.807) is 0 Å². The monoisotopic (exact) mass is 313 g/mol. The Morgan fingerprint density at radius 2 is 2.26 bits per heavy atom. The standard InChI is InChI=1S/C14H16ClNOS2/c1-16-14(13-8-18-4-5-19-13)12-7-9-6-10(15)2-3-11(9)17-12/h2-3,6-7,13-14,16H,4-5,8H2,1H3. The summed E-state index contributed by atoms with van der Waals surface area (Å²) >= 11 is 10.1. The molecule has 1 N–H and O–H groups in total. The lowest BCUT2D eigenvalue weighted by molar-refractivity contribution is 0.452. The first-order chi connectivity index (χ1) is 9.28. The van der Waals surface area contributed by atoms with Crippen molar-refractivity contribution in [3.05, 3.63) is 35.0 Å². The van der Waals surface area contributed by atoms with E-state index in [0.717, 1.165) is 21.8 Å². The van der Waals surface area contributed by atoms with Gasteiger partial charge in [0, 0.05) is 32.9 Å². The number of thioether (sulfide) groups is 2. The molecule has 1 aromatic carbocycles. The lowest BCUT2D eigenvalue weighted by Gasteiger charge is -2.27. The predicted octanol–water partition coefficient (Wildman–Crippen LogP) is 4.20. The smallest absolute Gasteiger partial charge is 0.134 e. The maximum Gasteiger partial charge on any atom is 0.134 e. The van der Waals surface area contributed by atoms with Crippen LogP contribution in [-0.4, -0.2) is 29.6 Å². The van der Waals surface area contributed by atoms with E-state index in [1.165, 1.54) is 17.3 Å². The molecule has 1 saturated heterocycles. The Bertz CT molecular complexity index is 566. The number of rotatable bonds is 3. The van der Waals surface area contributed by atoms with E-state index in [9.17, 15) is 0 Å². The first kappa shape index (κ1) is 13.7. The molecule has 0 spiro atoms. The van der Waals surface area contributed by atoms with E-state index in [4.69, 9.17) is 16.0 Å². The summed E-state index contributed by atoms with van der Waals surface area (Å²) in [6.45, 7) is 0. The highest BCUT2D eigenvalue weighted by Gasteiger charge is 2.27. The van der Waals surface area contributed by atoms with Crippen LogP contribution in [0.15, 0.2) is 28.7 Å². The molecule has 2 atom stereocenters. The van der Waals surface area contributed by atoms with Gasteiger partial charge >= 0.3 is 0 Å². The summed E-state index contributed by atoms with van der Waals surface area (Å²) in [6.07, 6.45) is 0. The lowest BCUT2D eigenvalue weighted by Crippen LogP contribution is -2.31. The van der Waals surface area contributed by atoms with Gasteiger partial charge in [0.2, 0.25) is 0 Å². The van der Waals surface area contributed by atoms with Crippen molar-refractivity contribution in [1.82, 2.24) is 5.32 Å². The third kappa shape index (κ3) is 2.92. The van der Waals surface area contributed by atoms with Crippen LogP contribution >= 0.6 is 35.1 Å². The van der Waals surface area contributed by atoms with Gasteiger partial charge in [0.1, 0.15) is 11.3 Å². The Morgan fingerprint density at radius 3 is 3.00 bits per heavy atom. The third-order valence-electron chi connectivity index (χ3n) is 3.33. The van der Waals surface area contributed by atoms with Gasteiger partial charge in [0.05, 0.1) is 6.04 Å². The van der Waals surface area contributed by atoms with Gasteiger partial charge in [-0.15, -0.1) is 0 Å². The lowest BCUT2D eigenvalue weighted by atomic mass is 10.1. The van der Waals surface area contributed by atoms with Crippen molar-refractivity contribution in [1.29, 1.82) is 0 Å². The topological polar surface area (TPSA) is 25.2 Å². The van der Waals surface area contributed by atoms with E-state index >= 15 is 0 Å². The van der Waals surface area contributed by atoms with Gasteiger partial charge in [-0.05, 0) is 31.3 Å². The molecular weight excluding hydrogens is 298 g/mol. The second kappa shape index (κ2) is 6.00. The molecule has 0 amide bonds. The zero-order valence-corrected chi connectivity index (χ0v) is 13.1. The molecule has 1 aliphatic heterocycles. The summed E-state index contributed by atoms with van der Waals surface area (Å²) in [5.74, 6) is 4.67. The fraction of sp³-hybridized carbons (Fsp3) is 0.429. The highest BCUT2D eigenvalue weighted by Crippen LogP contribution is 2.35. The third-order valence-corrected chi connectivity index (χ3v) is 6.43. The maximum atomic E-state index is 6.03. The summed E-state index contributed by atoms with van der Waals surface area (Å²) in [7, 11) is 2.00. The molecule has 1 aliphatic rings. The average Bonchev–Trinajstić information content (AvgIpc) is 2.83. The molecule has 1 fully saturated rings. The molecule has 5 heteroatoms. The largest absolute Gasteiger partial charge is 0.459 e. The summed E-state index contributed by atoms with van der Waals surface area (Å²) < 4.78 is 5.99. The van der Waals surface area contributed by atoms with Crippen LogP contribution < -0.4 is 5.32 Å². The number of halogens is 1. The first-order valence-corrected chi connectivity index (χ1v) is 8.91. The number of hydrogen-bond acceptors (Lipinski definition) is 4.